The van der Waals surface area contributed by atoms with E-state index in [-0.39, 0.29) is 6.04 Å². The summed E-state index contributed by atoms with van der Waals surface area (Å²) in [5.41, 5.74) is -0.241. The second-order valence-corrected chi connectivity index (χ2v) is 9.46. The molecule has 2 saturated heterocycles. The van der Waals surface area contributed by atoms with Crippen molar-refractivity contribution in [2.75, 3.05) is 46.1 Å². The molecule has 0 amide bonds. The van der Waals surface area contributed by atoms with Gasteiger partial charge in [-0.3, -0.25) is 4.99 Å². The van der Waals surface area contributed by atoms with E-state index in [2.05, 4.69) is 10.3 Å². The Morgan fingerprint density at radius 3 is 2.77 bits per heavy atom. The Kier molecular flexibility index (Phi) is 6.93. The zero-order valence-corrected chi connectivity index (χ0v) is 17.8. The lowest BCUT2D eigenvalue weighted by Crippen LogP contribution is -2.51. The first-order valence-corrected chi connectivity index (χ1v) is 11.7. The Bertz CT molecular complexity index is 876. The zero-order valence-electron chi connectivity index (χ0n) is 17.0. The molecule has 3 rings (SSSR count). The van der Waals surface area contributed by atoms with Crippen molar-refractivity contribution in [3.05, 3.63) is 35.4 Å². The van der Waals surface area contributed by atoms with Gasteiger partial charge in [-0.15, -0.1) is 0 Å². The van der Waals surface area contributed by atoms with Gasteiger partial charge in [0.2, 0.25) is 10.0 Å². The fourth-order valence-electron chi connectivity index (χ4n) is 3.95. The van der Waals surface area contributed by atoms with E-state index in [1.165, 1.54) is 16.6 Å². The predicted octanol–water partition coefficient (Wildman–Crippen LogP) is 2.08. The Morgan fingerprint density at radius 1 is 1.33 bits per heavy atom. The maximum Gasteiger partial charge on any atom is 0.416 e. The maximum absolute atomic E-state index is 13.0. The number of benzene rings is 1. The number of hydrogen-bond acceptors (Lipinski definition) is 4. The molecule has 0 saturated carbocycles. The van der Waals surface area contributed by atoms with E-state index < -0.39 is 27.9 Å². The van der Waals surface area contributed by atoms with E-state index in [1.807, 2.05) is 4.90 Å². The van der Waals surface area contributed by atoms with Crippen LogP contribution in [-0.2, 0) is 20.9 Å². The summed E-state index contributed by atoms with van der Waals surface area (Å²) in [4.78, 5) is 6.20. The molecule has 2 heterocycles. The smallest absolute Gasteiger partial charge is 0.370 e. The monoisotopic (exact) mass is 448 g/mol. The van der Waals surface area contributed by atoms with Crippen molar-refractivity contribution in [1.82, 2.24) is 14.5 Å². The van der Waals surface area contributed by atoms with Crippen molar-refractivity contribution in [1.29, 1.82) is 0 Å². The Hall–Kier alpha value is -1.85. The van der Waals surface area contributed by atoms with Crippen LogP contribution in [0, 0.1) is 0 Å². The number of halogens is 3. The molecule has 0 spiro atoms. The Labute approximate surface area is 174 Å². The number of ether oxygens (including phenoxy) is 1. The summed E-state index contributed by atoms with van der Waals surface area (Å²) in [5.74, 6) is 0.579. The number of morpholine rings is 1. The van der Waals surface area contributed by atoms with Gasteiger partial charge in [-0.2, -0.15) is 17.5 Å². The minimum Gasteiger partial charge on any atom is -0.370 e. The van der Waals surface area contributed by atoms with Crippen molar-refractivity contribution in [2.24, 2.45) is 4.99 Å². The molecule has 1 N–H and O–H groups in total. The minimum absolute atomic E-state index is 0.142. The standard InChI is InChI=1S/C19H27F3N4O3S/c1-23-18(24-12-16-7-4-8-26(16)30(2,27)28)25-9-10-29-17(13-25)14-5-3-6-15(11-14)19(20,21)22/h3,5-6,11,16-17H,4,7-10,12-13H2,1-2H3,(H,23,24)/t16-,17?/m1/s1. The summed E-state index contributed by atoms with van der Waals surface area (Å²) >= 11 is 0. The second kappa shape index (κ2) is 9.11. The molecule has 2 aliphatic rings. The highest BCUT2D eigenvalue weighted by Crippen LogP contribution is 2.32. The number of nitrogens with one attached hydrogen (secondary N) is 1. The highest BCUT2D eigenvalue weighted by molar-refractivity contribution is 7.88. The van der Waals surface area contributed by atoms with Gasteiger partial charge in [-0.05, 0) is 30.5 Å². The molecular formula is C19H27F3N4O3S. The first-order valence-electron chi connectivity index (χ1n) is 9.81. The van der Waals surface area contributed by atoms with Gasteiger partial charge in [0.25, 0.3) is 0 Å². The molecule has 0 aromatic heterocycles. The summed E-state index contributed by atoms with van der Waals surface area (Å²) < 4.78 is 70.1. The number of hydrogen-bond donors (Lipinski definition) is 1. The first kappa shape index (κ1) is 22.8. The molecule has 1 aromatic rings. The van der Waals surface area contributed by atoms with E-state index in [0.717, 1.165) is 25.0 Å². The molecule has 168 valence electrons. The van der Waals surface area contributed by atoms with Crippen LogP contribution in [0.2, 0.25) is 0 Å². The van der Waals surface area contributed by atoms with Crippen molar-refractivity contribution in [3.63, 3.8) is 0 Å². The van der Waals surface area contributed by atoms with Gasteiger partial charge in [-0.1, -0.05) is 12.1 Å². The first-order chi connectivity index (χ1) is 14.1. The molecule has 0 aliphatic carbocycles. The Morgan fingerprint density at radius 2 is 2.10 bits per heavy atom. The topological polar surface area (TPSA) is 74.2 Å². The van der Waals surface area contributed by atoms with Crippen LogP contribution in [0.25, 0.3) is 0 Å². The number of rotatable bonds is 4. The van der Waals surface area contributed by atoms with Crippen molar-refractivity contribution >= 4 is 16.0 Å². The molecular weight excluding hydrogens is 421 g/mol. The molecule has 2 atom stereocenters. The zero-order chi connectivity index (χ0) is 21.9. The normalized spacial score (nSPS) is 24.3. The molecule has 0 bridgehead atoms. The molecule has 2 fully saturated rings. The predicted molar refractivity (Wildman–Crippen MR) is 108 cm³/mol. The quantitative estimate of drug-likeness (QED) is 0.564. The van der Waals surface area contributed by atoms with E-state index >= 15 is 0 Å². The average molecular weight is 449 g/mol. The van der Waals surface area contributed by atoms with Gasteiger partial charge in [-0.25, -0.2) is 8.42 Å². The fourth-order valence-corrected chi connectivity index (χ4v) is 5.13. The number of guanidine groups is 1. The number of alkyl halides is 3. The third-order valence-corrected chi connectivity index (χ3v) is 6.74. The largest absolute Gasteiger partial charge is 0.416 e. The highest BCUT2D eigenvalue weighted by atomic mass is 32.2. The number of sulfonamides is 1. The lowest BCUT2D eigenvalue weighted by Gasteiger charge is -2.36. The van der Waals surface area contributed by atoms with Gasteiger partial charge in [0.1, 0.15) is 6.10 Å². The SMILES string of the molecule is CN=C(NC[C@H]1CCCN1S(C)(=O)=O)N1CCOC(c2cccc(C(F)(F)F)c2)C1. The average Bonchev–Trinajstić information content (AvgIpc) is 3.17. The Balaban J connectivity index is 1.65. The van der Waals surface area contributed by atoms with E-state index in [4.69, 9.17) is 4.74 Å². The summed E-state index contributed by atoms with van der Waals surface area (Å²) in [6.07, 6.45) is -2.13. The van der Waals surface area contributed by atoms with Crippen molar-refractivity contribution in [2.45, 2.75) is 31.2 Å². The van der Waals surface area contributed by atoms with Crippen LogP contribution in [0.15, 0.2) is 29.3 Å². The van der Waals surface area contributed by atoms with Crippen LogP contribution in [0.4, 0.5) is 13.2 Å². The summed E-state index contributed by atoms with van der Waals surface area (Å²) in [5, 5.41) is 3.23. The molecule has 1 aromatic carbocycles. The van der Waals surface area contributed by atoms with Gasteiger partial charge < -0.3 is 15.0 Å². The summed E-state index contributed by atoms with van der Waals surface area (Å²) in [6.45, 7) is 2.17. The molecule has 11 heteroatoms. The summed E-state index contributed by atoms with van der Waals surface area (Å²) in [6, 6.07) is 5.03. The minimum atomic E-state index is -4.41. The van der Waals surface area contributed by atoms with Gasteiger partial charge in [0, 0.05) is 32.7 Å². The van der Waals surface area contributed by atoms with E-state index in [9.17, 15) is 21.6 Å². The van der Waals surface area contributed by atoms with Crippen LogP contribution in [0.1, 0.15) is 30.1 Å². The third kappa shape index (κ3) is 5.44. The second-order valence-electron chi connectivity index (χ2n) is 7.53. The van der Waals surface area contributed by atoms with Crippen LogP contribution in [0.3, 0.4) is 0 Å². The van der Waals surface area contributed by atoms with Gasteiger partial charge in [0.05, 0.1) is 25.0 Å². The third-order valence-electron chi connectivity index (χ3n) is 5.41. The van der Waals surface area contributed by atoms with E-state index in [1.54, 1.807) is 13.1 Å². The van der Waals surface area contributed by atoms with Crippen molar-refractivity contribution < 1.29 is 26.3 Å². The van der Waals surface area contributed by atoms with Gasteiger partial charge in [0.15, 0.2) is 5.96 Å². The lowest BCUT2D eigenvalue weighted by atomic mass is 10.0. The fraction of sp³-hybridized carbons (Fsp3) is 0.632. The molecule has 30 heavy (non-hydrogen) atoms. The molecule has 2 aliphatic heterocycles. The molecule has 7 nitrogen and oxygen atoms in total. The van der Waals surface area contributed by atoms with Crippen LogP contribution in [-0.4, -0.2) is 75.7 Å². The number of aliphatic imine (C=N–C) groups is 1. The van der Waals surface area contributed by atoms with Crippen molar-refractivity contribution in [3.8, 4) is 0 Å². The molecule has 1 unspecified atom stereocenters. The molecule has 0 radical (unpaired) electrons. The van der Waals surface area contributed by atoms with Crippen LogP contribution >= 0.6 is 0 Å². The number of nitrogens with zero attached hydrogens (tertiary/aromatic N) is 3. The van der Waals surface area contributed by atoms with E-state index in [0.29, 0.717) is 44.3 Å². The summed E-state index contributed by atoms with van der Waals surface area (Å²) in [7, 11) is -1.64. The van der Waals surface area contributed by atoms with Crippen LogP contribution < -0.4 is 5.32 Å². The lowest BCUT2D eigenvalue weighted by molar-refractivity contribution is -0.137. The van der Waals surface area contributed by atoms with Gasteiger partial charge >= 0.3 is 6.18 Å². The highest BCUT2D eigenvalue weighted by Gasteiger charge is 2.33. The van der Waals surface area contributed by atoms with Crippen LogP contribution in [0.5, 0.6) is 0 Å². The maximum atomic E-state index is 13.0.